The summed E-state index contributed by atoms with van der Waals surface area (Å²) in [6.07, 6.45) is -0.619. The van der Waals surface area contributed by atoms with Crippen molar-refractivity contribution in [3.05, 3.63) is 83.9 Å². The third-order valence-electron chi connectivity index (χ3n) is 7.09. The minimum absolute atomic E-state index is 0.0654. The Morgan fingerprint density at radius 3 is 2.44 bits per heavy atom. The standard InChI is InChI=1S/C30H36N4O6S/c1-20-13-15-24(16-14-20)41(38,39)32-26-12-8-11-25-28(26)40-27(21(2)17-34(29(25)36)22(3)19-35)18-33(4)30(37)31-23-9-6-5-7-10-23/h5-16,21-22,27,32,35H,17-19H2,1-4H3,(H,31,37)/t21-,22-,27-/m1/s1. The van der Waals surface area contributed by atoms with Crippen LogP contribution in [-0.2, 0) is 10.0 Å². The number of hydrogen-bond donors (Lipinski definition) is 3. The number of aryl methyl sites for hydroxylation is 1. The normalized spacial score (nSPS) is 17.9. The molecule has 11 heteroatoms. The summed E-state index contributed by atoms with van der Waals surface area (Å²) in [7, 11) is -2.37. The lowest BCUT2D eigenvalue weighted by Gasteiger charge is -2.38. The number of hydrogen-bond acceptors (Lipinski definition) is 6. The molecule has 0 spiro atoms. The first kappa shape index (κ1) is 29.9. The fourth-order valence-corrected chi connectivity index (χ4v) is 5.62. The summed E-state index contributed by atoms with van der Waals surface area (Å²) in [6, 6.07) is 19.3. The van der Waals surface area contributed by atoms with Gasteiger partial charge in [0.1, 0.15) is 6.10 Å². The van der Waals surface area contributed by atoms with Crippen molar-refractivity contribution >= 4 is 33.3 Å². The molecule has 0 saturated carbocycles. The summed E-state index contributed by atoms with van der Waals surface area (Å²) in [6.45, 7) is 5.65. The Hall–Kier alpha value is -4.09. The zero-order valence-electron chi connectivity index (χ0n) is 23.6. The van der Waals surface area contributed by atoms with Crippen molar-refractivity contribution < 1.29 is 27.9 Å². The SMILES string of the molecule is Cc1ccc(S(=O)(=O)Nc2cccc3c2O[C@H](CN(C)C(=O)Nc2ccccc2)[C@H](C)CN([C@H](C)CO)C3=O)cc1. The summed E-state index contributed by atoms with van der Waals surface area (Å²) in [5, 5.41) is 12.7. The van der Waals surface area contributed by atoms with E-state index in [0.29, 0.717) is 5.69 Å². The van der Waals surface area contributed by atoms with Gasteiger partial charge >= 0.3 is 6.03 Å². The number of carbonyl (C=O) groups excluding carboxylic acids is 2. The average molecular weight is 581 g/mol. The van der Waals surface area contributed by atoms with Crippen molar-refractivity contribution in [2.24, 2.45) is 5.92 Å². The summed E-state index contributed by atoms with van der Waals surface area (Å²) in [4.78, 5) is 29.8. The van der Waals surface area contributed by atoms with Crippen LogP contribution in [0, 0.1) is 12.8 Å². The van der Waals surface area contributed by atoms with Gasteiger partial charge < -0.3 is 25.0 Å². The molecule has 0 aromatic heterocycles. The Labute approximate surface area is 241 Å². The van der Waals surface area contributed by atoms with E-state index in [-0.39, 0.29) is 53.5 Å². The molecule has 0 bridgehead atoms. The molecule has 3 atom stereocenters. The third-order valence-corrected chi connectivity index (χ3v) is 8.47. The number of anilines is 2. The second-order valence-corrected chi connectivity index (χ2v) is 12.1. The number of urea groups is 1. The number of nitrogens with zero attached hydrogens (tertiary/aromatic N) is 2. The molecule has 3 aromatic carbocycles. The number of fused-ring (bicyclic) bond motifs is 1. The number of ether oxygens (including phenoxy) is 1. The third kappa shape index (κ3) is 6.98. The Morgan fingerprint density at radius 1 is 1.10 bits per heavy atom. The number of sulfonamides is 1. The minimum atomic E-state index is -4.01. The van der Waals surface area contributed by atoms with E-state index in [0.717, 1.165) is 5.56 Å². The molecule has 0 saturated heterocycles. The van der Waals surface area contributed by atoms with E-state index >= 15 is 0 Å². The van der Waals surface area contributed by atoms with Gasteiger partial charge in [-0.25, -0.2) is 13.2 Å². The molecule has 10 nitrogen and oxygen atoms in total. The number of para-hydroxylation sites is 2. The van der Waals surface area contributed by atoms with E-state index in [1.165, 1.54) is 23.1 Å². The zero-order valence-corrected chi connectivity index (χ0v) is 24.4. The van der Waals surface area contributed by atoms with Gasteiger partial charge in [-0.2, -0.15) is 0 Å². The van der Waals surface area contributed by atoms with Crippen LogP contribution in [0.2, 0.25) is 0 Å². The number of rotatable bonds is 8. The first-order valence-electron chi connectivity index (χ1n) is 13.4. The molecular weight excluding hydrogens is 544 g/mol. The number of benzene rings is 3. The highest BCUT2D eigenvalue weighted by Crippen LogP contribution is 2.36. The second kappa shape index (κ2) is 12.6. The molecule has 218 valence electrons. The van der Waals surface area contributed by atoms with E-state index in [2.05, 4.69) is 10.0 Å². The lowest BCUT2D eigenvalue weighted by Crippen LogP contribution is -2.50. The van der Waals surface area contributed by atoms with Gasteiger partial charge in [0.2, 0.25) is 0 Å². The molecule has 0 fully saturated rings. The largest absolute Gasteiger partial charge is 0.485 e. The number of aliphatic hydroxyl groups excluding tert-OH is 1. The van der Waals surface area contributed by atoms with Gasteiger partial charge in [-0.1, -0.05) is 48.9 Å². The molecule has 1 aliphatic heterocycles. The van der Waals surface area contributed by atoms with Gasteiger partial charge in [-0.15, -0.1) is 0 Å². The van der Waals surface area contributed by atoms with E-state index in [4.69, 9.17) is 4.74 Å². The molecule has 3 N–H and O–H groups in total. The first-order valence-corrected chi connectivity index (χ1v) is 14.9. The molecular formula is C30H36N4O6S. The molecule has 41 heavy (non-hydrogen) atoms. The molecule has 0 radical (unpaired) electrons. The van der Waals surface area contributed by atoms with Gasteiger partial charge in [-0.3, -0.25) is 9.52 Å². The van der Waals surface area contributed by atoms with Crippen LogP contribution in [-0.4, -0.2) is 74.2 Å². The average Bonchev–Trinajstić information content (AvgIpc) is 2.95. The van der Waals surface area contributed by atoms with E-state index < -0.39 is 28.1 Å². The van der Waals surface area contributed by atoms with Crippen LogP contribution in [0.1, 0.15) is 29.8 Å². The van der Waals surface area contributed by atoms with Crippen molar-refractivity contribution in [1.29, 1.82) is 0 Å². The molecule has 3 amide bonds. The Bertz CT molecular complexity index is 1480. The summed E-state index contributed by atoms with van der Waals surface area (Å²) < 4.78 is 35.6. The second-order valence-electron chi connectivity index (χ2n) is 10.4. The molecule has 4 rings (SSSR count). The van der Waals surface area contributed by atoms with Gasteiger partial charge in [0, 0.05) is 25.2 Å². The lowest BCUT2D eigenvalue weighted by atomic mass is 9.99. The predicted octanol–water partition coefficient (Wildman–Crippen LogP) is 4.18. The number of aliphatic hydroxyl groups is 1. The summed E-state index contributed by atoms with van der Waals surface area (Å²) in [5.41, 5.74) is 1.81. The monoisotopic (exact) mass is 580 g/mol. The van der Waals surface area contributed by atoms with Crippen molar-refractivity contribution in [3.8, 4) is 5.75 Å². The van der Waals surface area contributed by atoms with E-state index in [1.807, 2.05) is 32.0 Å². The van der Waals surface area contributed by atoms with Crippen LogP contribution in [0.4, 0.5) is 16.2 Å². The number of likely N-dealkylation sites (N-methyl/N-ethyl adjacent to an activating group) is 1. The highest BCUT2D eigenvalue weighted by atomic mass is 32.2. The number of amides is 3. The topological polar surface area (TPSA) is 128 Å². The Kier molecular flexibility index (Phi) is 9.19. The van der Waals surface area contributed by atoms with Crippen LogP contribution >= 0.6 is 0 Å². The van der Waals surface area contributed by atoms with Crippen molar-refractivity contribution in [1.82, 2.24) is 9.80 Å². The summed E-state index contributed by atoms with van der Waals surface area (Å²) >= 11 is 0. The first-order chi connectivity index (χ1) is 19.5. The summed E-state index contributed by atoms with van der Waals surface area (Å²) in [5.74, 6) is -0.606. The molecule has 0 aliphatic carbocycles. The van der Waals surface area contributed by atoms with Crippen LogP contribution in [0.3, 0.4) is 0 Å². The zero-order chi connectivity index (χ0) is 29.7. The highest BCUT2D eigenvalue weighted by molar-refractivity contribution is 7.92. The highest BCUT2D eigenvalue weighted by Gasteiger charge is 2.35. The fourth-order valence-electron chi connectivity index (χ4n) is 4.56. The smallest absolute Gasteiger partial charge is 0.321 e. The van der Waals surface area contributed by atoms with Gasteiger partial charge in [0.05, 0.1) is 35.3 Å². The molecule has 1 aliphatic rings. The molecule has 3 aromatic rings. The van der Waals surface area contributed by atoms with E-state index in [9.17, 15) is 23.1 Å². The fraction of sp³-hybridized carbons (Fsp3) is 0.333. The minimum Gasteiger partial charge on any atom is -0.485 e. The number of nitrogens with one attached hydrogen (secondary N) is 2. The van der Waals surface area contributed by atoms with Crippen molar-refractivity contribution in [3.63, 3.8) is 0 Å². The van der Waals surface area contributed by atoms with Crippen LogP contribution < -0.4 is 14.8 Å². The van der Waals surface area contributed by atoms with Crippen LogP contribution in [0.25, 0.3) is 0 Å². The Morgan fingerprint density at radius 2 is 1.78 bits per heavy atom. The van der Waals surface area contributed by atoms with Gasteiger partial charge in [0.25, 0.3) is 15.9 Å². The van der Waals surface area contributed by atoms with Gasteiger partial charge in [-0.05, 0) is 50.2 Å². The van der Waals surface area contributed by atoms with Crippen LogP contribution in [0.5, 0.6) is 5.75 Å². The number of carbonyl (C=O) groups is 2. The molecule has 1 heterocycles. The van der Waals surface area contributed by atoms with E-state index in [1.54, 1.807) is 55.3 Å². The lowest BCUT2D eigenvalue weighted by molar-refractivity contribution is 0.0373. The quantitative estimate of drug-likeness (QED) is 0.367. The maximum Gasteiger partial charge on any atom is 0.321 e. The molecule has 0 unspecified atom stereocenters. The van der Waals surface area contributed by atoms with Gasteiger partial charge in [0.15, 0.2) is 5.75 Å². The maximum absolute atomic E-state index is 13.7. The van der Waals surface area contributed by atoms with Crippen molar-refractivity contribution in [2.75, 3.05) is 36.8 Å². The Balaban J connectivity index is 1.69. The van der Waals surface area contributed by atoms with Crippen molar-refractivity contribution in [2.45, 2.75) is 37.8 Å². The van der Waals surface area contributed by atoms with Crippen LogP contribution in [0.15, 0.2) is 77.7 Å². The predicted molar refractivity (Wildman–Crippen MR) is 158 cm³/mol. The maximum atomic E-state index is 13.7.